The summed E-state index contributed by atoms with van der Waals surface area (Å²) in [6.07, 6.45) is 1.22. The topological polar surface area (TPSA) is 62.2 Å². The van der Waals surface area contributed by atoms with Gasteiger partial charge in [-0.3, -0.25) is 4.79 Å². The zero-order chi connectivity index (χ0) is 19.6. The van der Waals surface area contributed by atoms with E-state index in [4.69, 9.17) is 0 Å². The maximum absolute atomic E-state index is 12.2. The highest BCUT2D eigenvalue weighted by Gasteiger charge is 2.09. The van der Waals surface area contributed by atoms with Crippen molar-refractivity contribution in [2.24, 2.45) is 0 Å². The number of rotatable bonds is 9. The summed E-state index contributed by atoms with van der Waals surface area (Å²) in [5, 5.41) is 14.1. The molecule has 3 aromatic rings. The van der Waals surface area contributed by atoms with Crippen molar-refractivity contribution < 1.29 is 9.90 Å². The number of thioether (sulfide) groups is 2. The summed E-state index contributed by atoms with van der Waals surface area (Å²) in [6.45, 7) is 0. The van der Waals surface area contributed by atoms with Gasteiger partial charge in [-0.05, 0) is 35.4 Å². The van der Waals surface area contributed by atoms with Gasteiger partial charge in [0, 0.05) is 23.4 Å². The van der Waals surface area contributed by atoms with E-state index in [1.54, 1.807) is 18.0 Å². The third-order valence-electron chi connectivity index (χ3n) is 3.93. The Kier molecular flexibility index (Phi) is 7.96. The molecule has 0 aliphatic rings. The van der Waals surface area contributed by atoms with Crippen LogP contribution in [0.4, 0.5) is 5.69 Å². The van der Waals surface area contributed by atoms with Crippen LogP contribution in [0.1, 0.15) is 17.2 Å². The SMILES string of the molecule is O=C(CSCC(O)c1ccccc1)Nc1cccc(CSc2ccccn2)c1. The number of pyridine rings is 1. The standard InChI is InChI=1S/C22H22N2O2S2/c25-20(18-8-2-1-3-9-18)15-27-16-21(26)24-19-10-6-7-17(13-19)14-28-22-11-4-5-12-23-22/h1-13,20,25H,14-16H2,(H,24,26). The van der Waals surface area contributed by atoms with Crippen molar-refractivity contribution in [3.63, 3.8) is 0 Å². The Morgan fingerprint density at radius 2 is 1.86 bits per heavy atom. The van der Waals surface area contributed by atoms with Crippen LogP contribution in [-0.4, -0.2) is 27.5 Å². The van der Waals surface area contributed by atoms with Crippen LogP contribution in [0.15, 0.2) is 84.0 Å². The smallest absolute Gasteiger partial charge is 0.234 e. The van der Waals surface area contributed by atoms with Crippen LogP contribution in [0.2, 0.25) is 0 Å². The van der Waals surface area contributed by atoms with Gasteiger partial charge in [0.15, 0.2) is 0 Å². The van der Waals surface area contributed by atoms with Crippen molar-refractivity contribution in [2.75, 3.05) is 16.8 Å². The summed E-state index contributed by atoms with van der Waals surface area (Å²) in [6, 6.07) is 23.2. The molecule has 2 N–H and O–H groups in total. The van der Waals surface area contributed by atoms with E-state index < -0.39 is 6.10 Å². The Labute approximate surface area is 173 Å². The molecule has 0 saturated carbocycles. The Bertz CT molecular complexity index is 876. The molecule has 0 aliphatic heterocycles. The van der Waals surface area contributed by atoms with Crippen LogP contribution in [0.25, 0.3) is 0 Å². The molecule has 1 amide bonds. The van der Waals surface area contributed by atoms with Crippen LogP contribution in [0.3, 0.4) is 0 Å². The number of anilines is 1. The molecule has 0 spiro atoms. The number of benzene rings is 2. The molecule has 1 atom stereocenters. The maximum atomic E-state index is 12.2. The van der Waals surface area contributed by atoms with E-state index in [1.165, 1.54) is 11.8 Å². The van der Waals surface area contributed by atoms with Crippen LogP contribution in [0.5, 0.6) is 0 Å². The highest BCUT2D eigenvalue weighted by molar-refractivity contribution is 8.00. The minimum absolute atomic E-state index is 0.0696. The van der Waals surface area contributed by atoms with Gasteiger partial charge < -0.3 is 10.4 Å². The predicted molar refractivity (Wildman–Crippen MR) is 118 cm³/mol. The van der Waals surface area contributed by atoms with E-state index in [2.05, 4.69) is 10.3 Å². The molecule has 1 heterocycles. The summed E-state index contributed by atoms with van der Waals surface area (Å²) < 4.78 is 0. The zero-order valence-corrected chi connectivity index (χ0v) is 17.0. The van der Waals surface area contributed by atoms with Gasteiger partial charge in [0.1, 0.15) is 0 Å². The highest BCUT2D eigenvalue weighted by atomic mass is 32.2. The third-order valence-corrected chi connectivity index (χ3v) is 5.96. The van der Waals surface area contributed by atoms with E-state index >= 15 is 0 Å². The normalized spacial score (nSPS) is 11.8. The van der Waals surface area contributed by atoms with Crippen molar-refractivity contribution in [1.29, 1.82) is 0 Å². The Morgan fingerprint density at radius 1 is 1.04 bits per heavy atom. The predicted octanol–water partition coefficient (Wildman–Crippen LogP) is 4.78. The number of nitrogens with one attached hydrogen (secondary N) is 1. The number of aliphatic hydroxyl groups excluding tert-OH is 1. The zero-order valence-electron chi connectivity index (χ0n) is 15.3. The van der Waals surface area contributed by atoms with Crippen molar-refractivity contribution in [2.45, 2.75) is 16.9 Å². The van der Waals surface area contributed by atoms with Crippen molar-refractivity contribution in [3.05, 3.63) is 90.1 Å². The Balaban J connectivity index is 1.43. The quantitative estimate of drug-likeness (QED) is 0.497. The van der Waals surface area contributed by atoms with Crippen LogP contribution >= 0.6 is 23.5 Å². The Morgan fingerprint density at radius 3 is 2.64 bits per heavy atom. The first-order chi connectivity index (χ1) is 13.7. The fraction of sp³-hybridized carbons (Fsp3) is 0.182. The number of aliphatic hydroxyl groups is 1. The lowest BCUT2D eigenvalue weighted by Gasteiger charge is -2.11. The first-order valence-electron chi connectivity index (χ1n) is 8.94. The van der Waals surface area contributed by atoms with Gasteiger partial charge in [0.05, 0.1) is 16.9 Å². The summed E-state index contributed by atoms with van der Waals surface area (Å²) in [7, 11) is 0. The number of hydrogen-bond acceptors (Lipinski definition) is 5. The monoisotopic (exact) mass is 410 g/mol. The molecule has 0 fully saturated rings. The first kappa shape index (κ1) is 20.5. The van der Waals surface area contributed by atoms with Gasteiger partial charge in [0.25, 0.3) is 0 Å². The summed E-state index contributed by atoms with van der Waals surface area (Å²) >= 11 is 3.08. The Hall–Kier alpha value is -2.28. The molecule has 0 bridgehead atoms. The van der Waals surface area contributed by atoms with Gasteiger partial charge in [-0.2, -0.15) is 0 Å². The second-order valence-electron chi connectivity index (χ2n) is 6.15. The van der Waals surface area contributed by atoms with Crippen LogP contribution in [-0.2, 0) is 10.5 Å². The van der Waals surface area contributed by atoms with E-state index in [9.17, 15) is 9.90 Å². The molecule has 1 aromatic heterocycles. The molecule has 3 rings (SSSR count). The number of aromatic nitrogens is 1. The average molecular weight is 411 g/mol. The molecule has 28 heavy (non-hydrogen) atoms. The average Bonchev–Trinajstić information content (AvgIpc) is 2.74. The molecule has 144 valence electrons. The van der Waals surface area contributed by atoms with Crippen molar-refractivity contribution in [1.82, 2.24) is 4.98 Å². The lowest BCUT2D eigenvalue weighted by Crippen LogP contribution is -2.15. The van der Waals surface area contributed by atoms with E-state index in [-0.39, 0.29) is 5.91 Å². The molecule has 6 heteroatoms. The van der Waals surface area contributed by atoms with Gasteiger partial charge in [-0.15, -0.1) is 23.5 Å². The van der Waals surface area contributed by atoms with Crippen molar-refractivity contribution >= 4 is 35.1 Å². The first-order valence-corrected chi connectivity index (χ1v) is 11.1. The number of carbonyl (C=O) groups is 1. The number of nitrogens with zero attached hydrogens (tertiary/aromatic N) is 1. The fourth-order valence-electron chi connectivity index (χ4n) is 2.56. The maximum Gasteiger partial charge on any atom is 0.234 e. The number of amides is 1. The van der Waals surface area contributed by atoms with Crippen molar-refractivity contribution in [3.8, 4) is 0 Å². The lowest BCUT2D eigenvalue weighted by molar-refractivity contribution is -0.113. The number of carbonyl (C=O) groups excluding carboxylic acids is 1. The summed E-state index contributed by atoms with van der Waals surface area (Å²) in [4.78, 5) is 16.5. The van der Waals surface area contributed by atoms with Gasteiger partial charge >= 0.3 is 0 Å². The van der Waals surface area contributed by atoms with Gasteiger partial charge in [-0.1, -0.05) is 48.5 Å². The third kappa shape index (κ3) is 6.71. The number of hydrogen-bond donors (Lipinski definition) is 2. The molecule has 1 unspecified atom stereocenters. The molecular formula is C22H22N2O2S2. The van der Waals surface area contributed by atoms with E-state index in [0.29, 0.717) is 11.5 Å². The van der Waals surface area contributed by atoms with Gasteiger partial charge in [-0.25, -0.2) is 4.98 Å². The minimum atomic E-state index is -0.564. The lowest BCUT2D eigenvalue weighted by atomic mass is 10.1. The molecule has 0 radical (unpaired) electrons. The van der Waals surface area contributed by atoms with Gasteiger partial charge in [0.2, 0.25) is 5.91 Å². The second kappa shape index (κ2) is 10.9. The summed E-state index contributed by atoms with van der Waals surface area (Å²) in [5.41, 5.74) is 2.78. The molecule has 0 saturated heterocycles. The fourth-order valence-corrected chi connectivity index (χ4v) is 4.16. The van der Waals surface area contributed by atoms with E-state index in [0.717, 1.165) is 27.6 Å². The highest BCUT2D eigenvalue weighted by Crippen LogP contribution is 2.22. The molecule has 2 aromatic carbocycles. The largest absolute Gasteiger partial charge is 0.388 e. The van der Waals surface area contributed by atoms with Crippen LogP contribution < -0.4 is 5.32 Å². The molecule has 4 nitrogen and oxygen atoms in total. The summed E-state index contributed by atoms with van der Waals surface area (Å²) in [5.74, 6) is 1.51. The molecule has 0 aliphatic carbocycles. The van der Waals surface area contributed by atoms with E-state index in [1.807, 2.05) is 72.8 Å². The van der Waals surface area contributed by atoms with Crippen LogP contribution in [0, 0.1) is 0 Å². The second-order valence-corrected chi connectivity index (χ2v) is 8.17. The minimum Gasteiger partial charge on any atom is -0.388 e. The molecular weight excluding hydrogens is 388 g/mol.